The molecule has 2 aromatic carbocycles. The predicted molar refractivity (Wildman–Crippen MR) is 107 cm³/mol. The second kappa shape index (κ2) is 7.51. The first-order chi connectivity index (χ1) is 11.4. The molecule has 4 heteroatoms. The molecule has 0 saturated carbocycles. The first-order valence-electron chi connectivity index (χ1n) is 7.42. The van der Waals surface area contributed by atoms with Crippen LogP contribution in [0.4, 0.5) is 0 Å². The normalized spacial score (nSPS) is 10.2. The Labute approximate surface area is 155 Å². The fourth-order valence-electron chi connectivity index (χ4n) is 2.50. The lowest BCUT2D eigenvalue weighted by Crippen LogP contribution is -1.81. The fraction of sp³-hybridized carbons (Fsp3) is 0. The number of nitrogens with zero attached hydrogens (tertiary/aromatic N) is 2. The van der Waals surface area contributed by atoms with Gasteiger partial charge in [-0.1, -0.05) is 54.6 Å². The van der Waals surface area contributed by atoms with Crippen molar-refractivity contribution in [2.45, 2.75) is 0 Å². The number of rotatable bonds is 3. The predicted octanol–water partition coefficient (Wildman–Crippen LogP) is 6.12. The van der Waals surface area contributed by atoms with E-state index in [0.29, 0.717) is 0 Å². The highest BCUT2D eigenvalue weighted by Gasteiger charge is 2.07. The Kier molecular flexibility index (Phi) is 5.18. The molecule has 0 fully saturated rings. The third kappa shape index (κ3) is 3.45. The molecule has 0 amide bonds. The van der Waals surface area contributed by atoms with Crippen molar-refractivity contribution in [1.29, 1.82) is 0 Å². The van der Waals surface area contributed by atoms with Crippen molar-refractivity contribution in [2.75, 3.05) is 0 Å². The van der Waals surface area contributed by atoms with Crippen LogP contribution in [0.25, 0.3) is 33.0 Å². The van der Waals surface area contributed by atoms with Crippen LogP contribution in [-0.4, -0.2) is 9.97 Å². The molecule has 2 nitrogen and oxygen atoms in total. The maximum atomic E-state index is 4.74. The van der Waals surface area contributed by atoms with Crippen molar-refractivity contribution in [3.8, 4) is 33.0 Å². The maximum absolute atomic E-state index is 4.74. The Morgan fingerprint density at radius 1 is 0.625 bits per heavy atom. The smallest absolute Gasteiger partial charge is 0.124 e. The fourth-order valence-corrected chi connectivity index (χ4v) is 3.33. The first kappa shape index (κ1) is 16.6. The van der Waals surface area contributed by atoms with Crippen LogP contribution in [0.2, 0.25) is 0 Å². The van der Waals surface area contributed by atoms with E-state index in [-0.39, 0.29) is 17.0 Å². The van der Waals surface area contributed by atoms with Gasteiger partial charge in [0.2, 0.25) is 0 Å². The van der Waals surface area contributed by atoms with Crippen LogP contribution >= 0.6 is 28.3 Å². The molecule has 0 aliphatic heterocycles. The van der Waals surface area contributed by atoms with E-state index in [1.165, 1.54) is 11.1 Å². The number of thiazole rings is 1. The summed E-state index contributed by atoms with van der Waals surface area (Å²) in [7, 11) is 0. The Morgan fingerprint density at radius 2 is 1.25 bits per heavy atom. The molecule has 0 bridgehead atoms. The Hall–Kier alpha value is -2.30. The highest BCUT2D eigenvalue weighted by atomic mass is 79.9. The van der Waals surface area contributed by atoms with Crippen LogP contribution in [-0.2, 0) is 0 Å². The van der Waals surface area contributed by atoms with E-state index in [1.54, 1.807) is 23.7 Å². The summed E-state index contributed by atoms with van der Waals surface area (Å²) in [6, 6.07) is 22.9. The molecule has 0 unspecified atom stereocenters. The number of benzene rings is 2. The molecular formula is C20H15BrN2S. The van der Waals surface area contributed by atoms with Gasteiger partial charge in [0.05, 0.1) is 5.69 Å². The largest absolute Gasteiger partial charge is 0.265 e. The minimum Gasteiger partial charge on any atom is -0.265 e. The molecular weight excluding hydrogens is 380 g/mol. The summed E-state index contributed by atoms with van der Waals surface area (Å²) in [4.78, 5) is 8.80. The van der Waals surface area contributed by atoms with Crippen LogP contribution in [0.3, 0.4) is 0 Å². The summed E-state index contributed by atoms with van der Waals surface area (Å²) in [5, 5.41) is 3.13. The zero-order chi connectivity index (χ0) is 15.5. The van der Waals surface area contributed by atoms with E-state index >= 15 is 0 Å². The van der Waals surface area contributed by atoms with Gasteiger partial charge in [0, 0.05) is 28.9 Å². The van der Waals surface area contributed by atoms with E-state index in [0.717, 1.165) is 21.8 Å². The molecule has 2 heterocycles. The summed E-state index contributed by atoms with van der Waals surface area (Å²) in [6.45, 7) is 0. The Bertz CT molecular complexity index is 903. The van der Waals surface area contributed by atoms with Crippen LogP contribution in [0.5, 0.6) is 0 Å². The van der Waals surface area contributed by atoms with E-state index in [4.69, 9.17) is 4.98 Å². The zero-order valence-electron chi connectivity index (χ0n) is 12.8. The number of aromatic nitrogens is 2. The van der Waals surface area contributed by atoms with Gasteiger partial charge < -0.3 is 0 Å². The van der Waals surface area contributed by atoms with Gasteiger partial charge >= 0.3 is 0 Å². The minimum absolute atomic E-state index is 0. The number of hydrogen-bond donors (Lipinski definition) is 0. The Morgan fingerprint density at radius 3 is 1.96 bits per heavy atom. The summed E-state index contributed by atoms with van der Waals surface area (Å²) >= 11 is 1.66. The monoisotopic (exact) mass is 394 g/mol. The van der Waals surface area contributed by atoms with Gasteiger partial charge in [0.15, 0.2) is 0 Å². The van der Waals surface area contributed by atoms with Crippen LogP contribution in [0.1, 0.15) is 0 Å². The molecule has 0 N–H and O–H groups in total. The molecule has 24 heavy (non-hydrogen) atoms. The van der Waals surface area contributed by atoms with Gasteiger partial charge in [-0.3, -0.25) is 4.98 Å². The van der Waals surface area contributed by atoms with Crippen molar-refractivity contribution in [2.24, 2.45) is 0 Å². The summed E-state index contributed by atoms with van der Waals surface area (Å²) in [6.07, 6.45) is 3.59. The van der Waals surface area contributed by atoms with Crippen molar-refractivity contribution >= 4 is 28.3 Å². The molecule has 0 saturated heterocycles. The highest BCUT2D eigenvalue weighted by molar-refractivity contribution is 8.93. The zero-order valence-corrected chi connectivity index (χ0v) is 15.3. The average Bonchev–Trinajstić information content (AvgIpc) is 3.14. The molecule has 4 rings (SSSR count). The van der Waals surface area contributed by atoms with Gasteiger partial charge in [-0.25, -0.2) is 4.98 Å². The van der Waals surface area contributed by atoms with Crippen molar-refractivity contribution < 1.29 is 0 Å². The lowest BCUT2D eigenvalue weighted by Gasteiger charge is -2.02. The second-order valence-corrected chi connectivity index (χ2v) is 6.08. The van der Waals surface area contributed by atoms with Crippen molar-refractivity contribution in [3.05, 3.63) is 84.5 Å². The van der Waals surface area contributed by atoms with E-state index < -0.39 is 0 Å². The quantitative estimate of drug-likeness (QED) is 0.418. The summed E-state index contributed by atoms with van der Waals surface area (Å²) < 4.78 is 0. The highest BCUT2D eigenvalue weighted by Crippen LogP contribution is 2.29. The van der Waals surface area contributed by atoms with Crippen LogP contribution in [0, 0.1) is 0 Å². The maximum Gasteiger partial charge on any atom is 0.124 e. The molecule has 0 spiro atoms. The topological polar surface area (TPSA) is 25.8 Å². The van der Waals surface area contributed by atoms with Crippen molar-refractivity contribution in [1.82, 2.24) is 9.97 Å². The molecule has 118 valence electrons. The SMILES string of the molecule is Br.c1ccc(-c2ccc(-c3csc(-c4ccncc4)n3)cc2)cc1. The molecule has 0 aliphatic carbocycles. The van der Waals surface area contributed by atoms with E-state index in [9.17, 15) is 0 Å². The van der Waals surface area contributed by atoms with Gasteiger partial charge in [-0.05, 0) is 23.3 Å². The van der Waals surface area contributed by atoms with E-state index in [2.05, 4.69) is 58.9 Å². The molecule has 4 aromatic rings. The summed E-state index contributed by atoms with van der Waals surface area (Å²) in [5.41, 5.74) is 5.72. The van der Waals surface area contributed by atoms with Gasteiger partial charge in [0.1, 0.15) is 5.01 Å². The number of hydrogen-bond acceptors (Lipinski definition) is 3. The van der Waals surface area contributed by atoms with Crippen LogP contribution in [0.15, 0.2) is 84.5 Å². The molecule has 0 radical (unpaired) electrons. The third-order valence-electron chi connectivity index (χ3n) is 3.72. The first-order valence-corrected chi connectivity index (χ1v) is 8.30. The van der Waals surface area contributed by atoms with Gasteiger partial charge in [0.25, 0.3) is 0 Å². The third-order valence-corrected chi connectivity index (χ3v) is 4.61. The summed E-state index contributed by atoms with van der Waals surface area (Å²) in [5.74, 6) is 0. The van der Waals surface area contributed by atoms with Gasteiger partial charge in [-0.2, -0.15) is 0 Å². The lowest BCUT2D eigenvalue weighted by molar-refractivity contribution is 1.32. The molecule has 0 atom stereocenters. The van der Waals surface area contributed by atoms with Crippen LogP contribution < -0.4 is 0 Å². The van der Waals surface area contributed by atoms with Gasteiger partial charge in [-0.15, -0.1) is 28.3 Å². The number of halogens is 1. The minimum atomic E-state index is 0. The lowest BCUT2D eigenvalue weighted by atomic mass is 10.0. The Balaban J connectivity index is 0.00000169. The average molecular weight is 395 g/mol. The molecule has 0 aliphatic rings. The standard InChI is InChI=1S/C20H14N2S.BrH/c1-2-4-15(5-3-1)16-6-8-17(9-7-16)19-14-23-20(22-19)18-10-12-21-13-11-18;/h1-14H;1H. The van der Waals surface area contributed by atoms with Crippen molar-refractivity contribution in [3.63, 3.8) is 0 Å². The molecule has 2 aromatic heterocycles. The number of pyridine rings is 1. The second-order valence-electron chi connectivity index (χ2n) is 5.22. The van der Waals surface area contributed by atoms with E-state index in [1.807, 2.05) is 18.2 Å².